The van der Waals surface area contributed by atoms with Crippen LogP contribution in [-0.2, 0) is 0 Å². The van der Waals surface area contributed by atoms with E-state index in [0.29, 0.717) is 5.92 Å². The molecule has 0 aliphatic heterocycles. The highest BCUT2D eigenvalue weighted by atomic mass is 35.5. The fourth-order valence-electron chi connectivity index (χ4n) is 0.717. The molecule has 0 aromatic rings. The summed E-state index contributed by atoms with van der Waals surface area (Å²) in [5, 5.41) is 8.42. The quantitative estimate of drug-likeness (QED) is 0.497. The highest BCUT2D eigenvalue weighted by molar-refractivity contribution is 6.25. The number of rotatable bonds is 1. The number of nitrogens with zero attached hydrogens (tertiary/aromatic N) is 1. The minimum absolute atomic E-state index is 0.467. The van der Waals surface area contributed by atoms with Crippen LogP contribution in [0.4, 0.5) is 0 Å². The van der Waals surface area contributed by atoms with Gasteiger partial charge in [0.15, 0.2) is 0 Å². The standard InChI is InChI=1S/C6H8ClN/c1-6(7,4-8)5-2-3-5/h5H,2-3H2,1H3. The Labute approximate surface area is 54.3 Å². The van der Waals surface area contributed by atoms with Gasteiger partial charge in [0.05, 0.1) is 6.07 Å². The molecule has 0 bridgehead atoms. The molecule has 0 heterocycles. The van der Waals surface area contributed by atoms with Crippen molar-refractivity contribution in [3.63, 3.8) is 0 Å². The van der Waals surface area contributed by atoms with E-state index < -0.39 is 4.87 Å². The minimum atomic E-state index is -0.569. The predicted molar refractivity (Wildman–Crippen MR) is 32.6 cm³/mol. The molecule has 0 N–H and O–H groups in total. The van der Waals surface area contributed by atoms with Gasteiger partial charge in [-0.3, -0.25) is 0 Å². The SMILES string of the molecule is CC(Cl)(C#N)C1CC1. The minimum Gasteiger partial charge on any atom is -0.196 e. The Morgan fingerprint density at radius 2 is 2.25 bits per heavy atom. The van der Waals surface area contributed by atoms with Gasteiger partial charge in [0.2, 0.25) is 0 Å². The van der Waals surface area contributed by atoms with Crippen LogP contribution >= 0.6 is 11.6 Å². The molecular formula is C6H8ClN. The van der Waals surface area contributed by atoms with Gasteiger partial charge in [-0.1, -0.05) is 0 Å². The van der Waals surface area contributed by atoms with Gasteiger partial charge < -0.3 is 0 Å². The Balaban J connectivity index is 2.53. The summed E-state index contributed by atoms with van der Waals surface area (Å²) < 4.78 is 0. The van der Waals surface area contributed by atoms with Gasteiger partial charge in [-0.05, 0) is 25.7 Å². The lowest BCUT2D eigenvalue weighted by Gasteiger charge is -2.08. The zero-order chi connectivity index (χ0) is 6.20. The van der Waals surface area contributed by atoms with Crippen molar-refractivity contribution in [2.75, 3.05) is 0 Å². The average molecular weight is 130 g/mol. The summed E-state index contributed by atoms with van der Waals surface area (Å²) in [6, 6.07) is 2.07. The van der Waals surface area contributed by atoms with Crippen molar-refractivity contribution in [3.8, 4) is 6.07 Å². The lowest BCUT2D eigenvalue weighted by atomic mass is 10.1. The van der Waals surface area contributed by atoms with Gasteiger partial charge in [-0.15, -0.1) is 11.6 Å². The fourth-order valence-corrected chi connectivity index (χ4v) is 0.935. The van der Waals surface area contributed by atoms with Crippen molar-refractivity contribution < 1.29 is 0 Å². The van der Waals surface area contributed by atoms with E-state index in [2.05, 4.69) is 6.07 Å². The number of hydrogen-bond donors (Lipinski definition) is 0. The Hall–Kier alpha value is -0.220. The maximum absolute atomic E-state index is 8.42. The lowest BCUT2D eigenvalue weighted by Crippen LogP contribution is -2.14. The van der Waals surface area contributed by atoms with Crippen molar-refractivity contribution in [3.05, 3.63) is 0 Å². The molecule has 0 aromatic carbocycles. The molecule has 1 fully saturated rings. The monoisotopic (exact) mass is 129 g/mol. The zero-order valence-electron chi connectivity index (χ0n) is 4.82. The Bertz CT molecular complexity index is 130. The summed E-state index contributed by atoms with van der Waals surface area (Å²) >= 11 is 5.76. The molecule has 0 aromatic heterocycles. The van der Waals surface area contributed by atoms with Crippen LogP contribution in [0.25, 0.3) is 0 Å². The smallest absolute Gasteiger partial charge is 0.131 e. The predicted octanol–water partition coefficient (Wildman–Crippen LogP) is 1.92. The van der Waals surface area contributed by atoms with Crippen LogP contribution in [-0.4, -0.2) is 4.87 Å². The van der Waals surface area contributed by atoms with Gasteiger partial charge in [0, 0.05) is 0 Å². The molecule has 1 rings (SSSR count). The van der Waals surface area contributed by atoms with Crippen LogP contribution in [0.1, 0.15) is 19.8 Å². The molecule has 1 saturated carbocycles. The third-order valence-electron chi connectivity index (χ3n) is 1.56. The summed E-state index contributed by atoms with van der Waals surface area (Å²) in [6.45, 7) is 1.78. The largest absolute Gasteiger partial charge is 0.196 e. The molecule has 0 amide bonds. The number of halogens is 1. The summed E-state index contributed by atoms with van der Waals surface area (Å²) in [5.74, 6) is 0.467. The van der Waals surface area contributed by atoms with Gasteiger partial charge in [0.1, 0.15) is 4.87 Å². The normalized spacial score (nSPS) is 26.1. The molecule has 0 radical (unpaired) electrons. The molecular weight excluding hydrogens is 122 g/mol. The van der Waals surface area contributed by atoms with Crippen molar-refractivity contribution in [2.45, 2.75) is 24.6 Å². The first-order chi connectivity index (χ1) is 3.67. The molecule has 2 heteroatoms. The summed E-state index contributed by atoms with van der Waals surface area (Å²) in [7, 11) is 0. The average Bonchev–Trinajstić information content (AvgIpc) is 2.44. The van der Waals surface area contributed by atoms with E-state index in [1.807, 2.05) is 0 Å². The first-order valence-electron chi connectivity index (χ1n) is 2.77. The van der Waals surface area contributed by atoms with E-state index in [1.165, 1.54) is 0 Å². The third-order valence-corrected chi connectivity index (χ3v) is 1.96. The maximum atomic E-state index is 8.42. The topological polar surface area (TPSA) is 23.8 Å². The molecule has 1 unspecified atom stereocenters. The Kier molecular flexibility index (Phi) is 1.21. The van der Waals surface area contributed by atoms with Crippen molar-refractivity contribution in [1.82, 2.24) is 0 Å². The second-order valence-corrected chi connectivity index (χ2v) is 3.25. The Morgan fingerprint density at radius 1 is 1.75 bits per heavy atom. The maximum Gasteiger partial charge on any atom is 0.131 e. The van der Waals surface area contributed by atoms with E-state index in [0.717, 1.165) is 12.8 Å². The summed E-state index contributed by atoms with van der Waals surface area (Å²) in [5.41, 5.74) is 0. The van der Waals surface area contributed by atoms with Crippen molar-refractivity contribution in [2.24, 2.45) is 5.92 Å². The van der Waals surface area contributed by atoms with Crippen LogP contribution in [0, 0.1) is 17.2 Å². The molecule has 0 saturated heterocycles. The summed E-state index contributed by atoms with van der Waals surface area (Å²) in [4.78, 5) is -0.569. The van der Waals surface area contributed by atoms with Crippen LogP contribution in [0.3, 0.4) is 0 Å². The Morgan fingerprint density at radius 3 is 2.38 bits per heavy atom. The number of hydrogen-bond acceptors (Lipinski definition) is 1. The van der Waals surface area contributed by atoms with Crippen LogP contribution < -0.4 is 0 Å². The highest BCUT2D eigenvalue weighted by Crippen LogP contribution is 2.42. The molecule has 1 atom stereocenters. The first kappa shape index (κ1) is 5.91. The molecule has 8 heavy (non-hydrogen) atoms. The first-order valence-corrected chi connectivity index (χ1v) is 3.15. The fraction of sp³-hybridized carbons (Fsp3) is 0.833. The van der Waals surface area contributed by atoms with E-state index in [9.17, 15) is 0 Å². The van der Waals surface area contributed by atoms with E-state index in [1.54, 1.807) is 6.92 Å². The van der Waals surface area contributed by atoms with Crippen molar-refractivity contribution in [1.29, 1.82) is 5.26 Å². The second-order valence-electron chi connectivity index (χ2n) is 2.46. The summed E-state index contributed by atoms with van der Waals surface area (Å²) in [6.07, 6.45) is 2.26. The van der Waals surface area contributed by atoms with E-state index in [4.69, 9.17) is 16.9 Å². The second kappa shape index (κ2) is 1.63. The van der Waals surface area contributed by atoms with E-state index in [-0.39, 0.29) is 0 Å². The van der Waals surface area contributed by atoms with Crippen LogP contribution in [0.15, 0.2) is 0 Å². The lowest BCUT2D eigenvalue weighted by molar-refractivity contribution is 0.683. The highest BCUT2D eigenvalue weighted by Gasteiger charge is 2.40. The molecule has 1 aliphatic carbocycles. The van der Waals surface area contributed by atoms with Gasteiger partial charge in [-0.2, -0.15) is 5.26 Å². The third kappa shape index (κ3) is 0.952. The molecule has 1 nitrogen and oxygen atoms in total. The number of alkyl halides is 1. The number of nitriles is 1. The molecule has 1 aliphatic rings. The van der Waals surface area contributed by atoms with Crippen LogP contribution in [0.5, 0.6) is 0 Å². The molecule has 0 spiro atoms. The van der Waals surface area contributed by atoms with E-state index >= 15 is 0 Å². The van der Waals surface area contributed by atoms with Crippen LogP contribution in [0.2, 0.25) is 0 Å². The van der Waals surface area contributed by atoms with Crippen molar-refractivity contribution >= 4 is 11.6 Å². The van der Waals surface area contributed by atoms with Gasteiger partial charge in [-0.25, -0.2) is 0 Å². The molecule has 44 valence electrons. The van der Waals surface area contributed by atoms with Gasteiger partial charge in [0.25, 0.3) is 0 Å². The zero-order valence-corrected chi connectivity index (χ0v) is 5.57. The van der Waals surface area contributed by atoms with Gasteiger partial charge >= 0.3 is 0 Å².